The van der Waals surface area contributed by atoms with Crippen molar-refractivity contribution < 1.29 is 24.9 Å². The van der Waals surface area contributed by atoms with Gasteiger partial charge < -0.3 is 25.4 Å². The van der Waals surface area contributed by atoms with E-state index >= 15 is 0 Å². The zero-order valence-electron chi connectivity index (χ0n) is 10.4. The summed E-state index contributed by atoms with van der Waals surface area (Å²) in [7, 11) is 0. The molecule has 0 saturated carbocycles. The maximum absolute atomic E-state index is 11.4. The second kappa shape index (κ2) is 5.30. The van der Waals surface area contributed by atoms with Crippen LogP contribution in [0.5, 0.6) is 0 Å². The van der Waals surface area contributed by atoms with Crippen LogP contribution in [0.2, 0.25) is 0 Å². The average molecular weight is 247 g/mol. The molecule has 17 heavy (non-hydrogen) atoms. The molecule has 4 atom stereocenters. The number of hydrogen-bond donors (Lipinski definition) is 4. The van der Waals surface area contributed by atoms with E-state index in [0.717, 1.165) is 0 Å². The number of carbonyl (C=O) groups is 1. The van der Waals surface area contributed by atoms with E-state index in [2.05, 4.69) is 5.32 Å². The summed E-state index contributed by atoms with van der Waals surface area (Å²) < 4.78 is 5.08. The van der Waals surface area contributed by atoms with Crippen LogP contribution in [0.15, 0.2) is 0 Å². The quantitative estimate of drug-likeness (QED) is 0.493. The normalized spacial score (nSPS) is 38.2. The number of amides is 1. The van der Waals surface area contributed by atoms with Gasteiger partial charge in [0.2, 0.25) is 5.91 Å². The molecule has 0 spiro atoms. The Labute approximate surface area is 101 Å². The van der Waals surface area contributed by atoms with Crippen LogP contribution >= 0.6 is 0 Å². The summed E-state index contributed by atoms with van der Waals surface area (Å²) in [6.07, 6.45) is -3.04. The van der Waals surface area contributed by atoms with Crippen LogP contribution in [0.4, 0.5) is 0 Å². The van der Waals surface area contributed by atoms with Crippen molar-refractivity contribution in [1.29, 1.82) is 0 Å². The highest BCUT2D eigenvalue weighted by Gasteiger charge is 2.49. The van der Waals surface area contributed by atoms with Crippen LogP contribution in [0.1, 0.15) is 20.8 Å². The summed E-state index contributed by atoms with van der Waals surface area (Å²) in [5, 5.41) is 32.2. The van der Waals surface area contributed by atoms with E-state index in [0.29, 0.717) is 0 Å². The number of nitrogens with one attached hydrogen (secondary N) is 1. The molecule has 2 unspecified atom stereocenters. The lowest BCUT2D eigenvalue weighted by molar-refractivity contribution is -0.235. The molecule has 1 aliphatic heterocycles. The summed E-state index contributed by atoms with van der Waals surface area (Å²) in [4.78, 5) is 11.4. The molecule has 0 aromatic heterocycles. The second-order valence-corrected chi connectivity index (χ2v) is 4.86. The number of rotatable bonds is 3. The minimum Gasteiger partial charge on any atom is -0.388 e. The number of hydrogen-bond acceptors (Lipinski definition) is 5. The highest BCUT2D eigenvalue weighted by atomic mass is 16.5. The fourth-order valence-corrected chi connectivity index (χ4v) is 1.74. The molecular formula is C11H21NO5. The zero-order valence-corrected chi connectivity index (χ0v) is 10.4. The van der Waals surface area contributed by atoms with Gasteiger partial charge in [-0.1, -0.05) is 13.8 Å². The van der Waals surface area contributed by atoms with Crippen molar-refractivity contribution in [2.75, 3.05) is 13.2 Å². The highest BCUT2D eigenvalue weighted by Crippen LogP contribution is 2.25. The third kappa shape index (κ3) is 2.95. The van der Waals surface area contributed by atoms with Gasteiger partial charge in [0.05, 0.1) is 19.3 Å². The first-order chi connectivity index (χ1) is 7.79. The van der Waals surface area contributed by atoms with Crippen LogP contribution in [-0.2, 0) is 9.53 Å². The predicted octanol–water partition coefficient (Wildman–Crippen LogP) is -1.37. The number of ether oxygens (including phenoxy) is 1. The molecule has 1 aliphatic rings. The SMILES string of the molecule is CC(C)C(=O)NC[C@@]1(O)C(O)COC(C)[C@H]1O. The van der Waals surface area contributed by atoms with Crippen LogP contribution in [-0.4, -0.2) is 58.3 Å². The third-order valence-corrected chi connectivity index (χ3v) is 3.12. The van der Waals surface area contributed by atoms with Crippen molar-refractivity contribution >= 4 is 5.91 Å². The Morgan fingerprint density at radius 1 is 1.53 bits per heavy atom. The summed E-state index contributed by atoms with van der Waals surface area (Å²) in [5.74, 6) is -0.456. The molecule has 0 aliphatic carbocycles. The summed E-state index contributed by atoms with van der Waals surface area (Å²) in [6, 6.07) is 0. The van der Waals surface area contributed by atoms with E-state index in [1.165, 1.54) is 0 Å². The van der Waals surface area contributed by atoms with E-state index in [1.54, 1.807) is 20.8 Å². The maximum Gasteiger partial charge on any atom is 0.222 e. The van der Waals surface area contributed by atoms with Gasteiger partial charge in [0, 0.05) is 5.92 Å². The number of aliphatic hydroxyl groups is 3. The number of aliphatic hydroxyl groups excluding tert-OH is 2. The molecule has 1 heterocycles. The van der Waals surface area contributed by atoms with Crippen LogP contribution < -0.4 is 5.32 Å². The van der Waals surface area contributed by atoms with Gasteiger partial charge >= 0.3 is 0 Å². The Balaban J connectivity index is 2.67. The van der Waals surface area contributed by atoms with Gasteiger partial charge in [-0.2, -0.15) is 0 Å². The van der Waals surface area contributed by atoms with Gasteiger partial charge in [-0.25, -0.2) is 0 Å². The smallest absolute Gasteiger partial charge is 0.222 e. The Kier molecular flexibility index (Phi) is 4.48. The van der Waals surface area contributed by atoms with Gasteiger partial charge in [-0.15, -0.1) is 0 Å². The molecule has 4 N–H and O–H groups in total. The van der Waals surface area contributed by atoms with Crippen molar-refractivity contribution in [2.45, 2.75) is 44.7 Å². The Hall–Kier alpha value is -0.690. The first-order valence-electron chi connectivity index (χ1n) is 5.77. The minimum atomic E-state index is -1.76. The number of carbonyl (C=O) groups excluding carboxylic acids is 1. The molecule has 6 nitrogen and oxygen atoms in total. The lowest BCUT2D eigenvalue weighted by atomic mass is 9.85. The van der Waals surface area contributed by atoms with E-state index in [-0.39, 0.29) is 25.0 Å². The molecule has 1 rings (SSSR count). The van der Waals surface area contributed by atoms with Gasteiger partial charge in [0.1, 0.15) is 17.8 Å². The Bertz CT molecular complexity index is 283. The Morgan fingerprint density at radius 3 is 2.65 bits per heavy atom. The van der Waals surface area contributed by atoms with E-state index < -0.39 is 23.9 Å². The van der Waals surface area contributed by atoms with Crippen molar-refractivity contribution in [3.8, 4) is 0 Å². The predicted molar refractivity (Wildman–Crippen MR) is 60.2 cm³/mol. The zero-order chi connectivity index (χ0) is 13.2. The topological polar surface area (TPSA) is 99.0 Å². The Morgan fingerprint density at radius 2 is 2.12 bits per heavy atom. The molecule has 1 saturated heterocycles. The fourth-order valence-electron chi connectivity index (χ4n) is 1.74. The van der Waals surface area contributed by atoms with Gasteiger partial charge in [-0.05, 0) is 6.92 Å². The maximum atomic E-state index is 11.4. The second-order valence-electron chi connectivity index (χ2n) is 4.86. The monoisotopic (exact) mass is 247 g/mol. The molecule has 0 bridgehead atoms. The first-order valence-corrected chi connectivity index (χ1v) is 5.77. The first kappa shape index (κ1) is 14.4. The summed E-state index contributed by atoms with van der Waals surface area (Å²) in [5.41, 5.74) is -1.76. The molecule has 100 valence electrons. The largest absolute Gasteiger partial charge is 0.388 e. The fraction of sp³-hybridized carbons (Fsp3) is 0.909. The van der Waals surface area contributed by atoms with Crippen molar-refractivity contribution in [3.63, 3.8) is 0 Å². The van der Waals surface area contributed by atoms with Crippen molar-refractivity contribution in [1.82, 2.24) is 5.32 Å². The van der Waals surface area contributed by atoms with Gasteiger partial charge in [0.25, 0.3) is 0 Å². The van der Waals surface area contributed by atoms with E-state index in [1.807, 2.05) is 0 Å². The third-order valence-electron chi connectivity index (χ3n) is 3.12. The van der Waals surface area contributed by atoms with Crippen molar-refractivity contribution in [3.05, 3.63) is 0 Å². The average Bonchev–Trinajstić information content (AvgIpc) is 2.28. The summed E-state index contributed by atoms with van der Waals surface area (Å²) >= 11 is 0. The summed E-state index contributed by atoms with van der Waals surface area (Å²) in [6.45, 7) is 4.79. The molecule has 0 aromatic carbocycles. The lowest BCUT2D eigenvalue weighted by Crippen LogP contribution is -2.66. The molecule has 1 fully saturated rings. The molecule has 1 amide bonds. The van der Waals surface area contributed by atoms with E-state index in [9.17, 15) is 20.1 Å². The lowest BCUT2D eigenvalue weighted by Gasteiger charge is -2.43. The molecular weight excluding hydrogens is 226 g/mol. The van der Waals surface area contributed by atoms with Crippen LogP contribution in [0.25, 0.3) is 0 Å². The van der Waals surface area contributed by atoms with E-state index in [4.69, 9.17) is 4.74 Å². The standard InChI is InChI=1S/C11H21NO5/c1-6(2)10(15)12-5-11(16)8(13)4-17-7(3)9(11)14/h6-9,13-14,16H,4-5H2,1-3H3,(H,12,15)/t7?,8?,9-,11-/m1/s1. The molecule has 6 heteroatoms. The highest BCUT2D eigenvalue weighted by molar-refractivity contribution is 5.77. The van der Waals surface area contributed by atoms with Crippen molar-refractivity contribution in [2.24, 2.45) is 5.92 Å². The van der Waals surface area contributed by atoms with Crippen LogP contribution in [0.3, 0.4) is 0 Å². The molecule has 0 radical (unpaired) electrons. The molecule has 0 aromatic rings. The van der Waals surface area contributed by atoms with Gasteiger partial charge in [-0.3, -0.25) is 4.79 Å². The minimum absolute atomic E-state index is 0.0632. The van der Waals surface area contributed by atoms with Gasteiger partial charge in [0.15, 0.2) is 0 Å². The van der Waals surface area contributed by atoms with Crippen LogP contribution in [0, 0.1) is 5.92 Å².